The lowest BCUT2D eigenvalue weighted by atomic mass is 10.2. The number of amides is 2. The predicted molar refractivity (Wildman–Crippen MR) is 99.6 cm³/mol. The molecule has 0 fully saturated rings. The van der Waals surface area contributed by atoms with Gasteiger partial charge in [0, 0.05) is 11.4 Å². The van der Waals surface area contributed by atoms with Gasteiger partial charge in [0.1, 0.15) is 12.6 Å². The van der Waals surface area contributed by atoms with E-state index in [1.807, 2.05) is 49.4 Å². The molecule has 134 valence electrons. The zero-order chi connectivity index (χ0) is 18.2. The Bertz CT molecular complexity index is 705. The highest BCUT2D eigenvalue weighted by Gasteiger charge is 2.22. The van der Waals surface area contributed by atoms with Gasteiger partial charge in [-0.05, 0) is 31.5 Å². The first-order valence-corrected chi connectivity index (χ1v) is 9.19. The van der Waals surface area contributed by atoms with E-state index in [0.717, 1.165) is 10.4 Å². The molecule has 2 amide bonds. The second-order valence-corrected chi connectivity index (χ2v) is 7.29. The van der Waals surface area contributed by atoms with Crippen LogP contribution in [0.2, 0.25) is 4.34 Å². The van der Waals surface area contributed by atoms with Gasteiger partial charge in [0.2, 0.25) is 5.91 Å². The van der Waals surface area contributed by atoms with E-state index in [2.05, 4.69) is 5.32 Å². The zero-order valence-electron chi connectivity index (χ0n) is 14.2. The van der Waals surface area contributed by atoms with Gasteiger partial charge in [0.15, 0.2) is 0 Å². The fourth-order valence-electron chi connectivity index (χ4n) is 2.25. The van der Waals surface area contributed by atoms with E-state index in [9.17, 15) is 9.59 Å². The van der Waals surface area contributed by atoms with Gasteiger partial charge in [-0.25, -0.2) is 4.79 Å². The third-order valence-corrected chi connectivity index (χ3v) is 4.80. The molecule has 0 bridgehead atoms. The Labute approximate surface area is 156 Å². The van der Waals surface area contributed by atoms with Crippen molar-refractivity contribution in [3.05, 3.63) is 57.2 Å². The first kappa shape index (κ1) is 19.3. The first-order valence-electron chi connectivity index (χ1n) is 7.99. The molecule has 2 rings (SSSR count). The van der Waals surface area contributed by atoms with E-state index in [1.54, 1.807) is 11.8 Å². The number of alkyl carbamates (subject to hydrolysis) is 1. The van der Waals surface area contributed by atoms with E-state index in [1.165, 1.54) is 11.3 Å². The number of hydrogen-bond acceptors (Lipinski definition) is 4. The summed E-state index contributed by atoms with van der Waals surface area (Å²) in [5.41, 5.74) is 0.890. The van der Waals surface area contributed by atoms with Crippen molar-refractivity contribution >= 4 is 34.9 Å². The number of carbonyl (C=O) groups is 2. The summed E-state index contributed by atoms with van der Waals surface area (Å²) in [6.07, 6.45) is -0.611. The molecular weight excluding hydrogens is 360 g/mol. The molecular formula is C18H21ClN2O3S. The van der Waals surface area contributed by atoms with Crippen molar-refractivity contribution in [1.82, 2.24) is 10.2 Å². The second-order valence-electron chi connectivity index (χ2n) is 5.49. The van der Waals surface area contributed by atoms with Crippen molar-refractivity contribution in [2.45, 2.75) is 33.0 Å². The third-order valence-electron chi connectivity index (χ3n) is 3.59. The van der Waals surface area contributed by atoms with Gasteiger partial charge in [0.25, 0.3) is 0 Å². The Morgan fingerprint density at radius 1 is 1.24 bits per heavy atom. The number of carbonyl (C=O) groups excluding carboxylic acids is 2. The van der Waals surface area contributed by atoms with Gasteiger partial charge in [-0.2, -0.15) is 0 Å². The van der Waals surface area contributed by atoms with E-state index >= 15 is 0 Å². The monoisotopic (exact) mass is 380 g/mol. The van der Waals surface area contributed by atoms with Crippen LogP contribution in [0.15, 0.2) is 42.5 Å². The number of halogens is 1. The maximum Gasteiger partial charge on any atom is 0.408 e. The number of ether oxygens (including phenoxy) is 1. The van der Waals surface area contributed by atoms with Crippen molar-refractivity contribution in [2.24, 2.45) is 0 Å². The smallest absolute Gasteiger partial charge is 0.408 e. The molecule has 2 aromatic rings. The lowest BCUT2D eigenvalue weighted by Gasteiger charge is -2.24. The lowest BCUT2D eigenvalue weighted by molar-refractivity contribution is -0.133. The quantitative estimate of drug-likeness (QED) is 0.787. The summed E-state index contributed by atoms with van der Waals surface area (Å²) in [5, 5.41) is 2.58. The Hall–Kier alpha value is -2.05. The van der Waals surface area contributed by atoms with Gasteiger partial charge in [-0.15, -0.1) is 11.3 Å². The number of hydrogen-bond donors (Lipinski definition) is 1. The van der Waals surface area contributed by atoms with Gasteiger partial charge < -0.3 is 15.0 Å². The molecule has 1 aromatic carbocycles. The van der Waals surface area contributed by atoms with Crippen LogP contribution in [0.4, 0.5) is 4.79 Å². The third kappa shape index (κ3) is 6.07. The minimum atomic E-state index is -0.668. The molecule has 25 heavy (non-hydrogen) atoms. The van der Waals surface area contributed by atoms with Crippen LogP contribution in [0.5, 0.6) is 0 Å². The summed E-state index contributed by atoms with van der Waals surface area (Å²) in [4.78, 5) is 27.1. The SMILES string of the molecule is CCN(Cc1ccc(Cl)s1)C(=O)[C@@H](C)NC(=O)OCc1ccccc1. The van der Waals surface area contributed by atoms with Crippen molar-refractivity contribution in [2.75, 3.05) is 6.54 Å². The Morgan fingerprint density at radius 3 is 2.56 bits per heavy atom. The van der Waals surface area contributed by atoms with E-state index in [0.29, 0.717) is 17.4 Å². The fourth-order valence-corrected chi connectivity index (χ4v) is 3.35. The summed E-state index contributed by atoms with van der Waals surface area (Å²) >= 11 is 7.36. The van der Waals surface area contributed by atoms with E-state index in [4.69, 9.17) is 16.3 Å². The molecule has 0 aliphatic heterocycles. The number of thiophene rings is 1. The van der Waals surface area contributed by atoms with Crippen LogP contribution in [0, 0.1) is 0 Å². The van der Waals surface area contributed by atoms with Crippen LogP contribution in [0.1, 0.15) is 24.3 Å². The predicted octanol–water partition coefficient (Wildman–Crippen LogP) is 4.06. The molecule has 0 saturated heterocycles. The number of rotatable bonds is 7. The second kappa shape index (κ2) is 9.44. The summed E-state index contributed by atoms with van der Waals surface area (Å²) in [5.74, 6) is -0.163. The van der Waals surface area contributed by atoms with Gasteiger partial charge >= 0.3 is 6.09 Å². The van der Waals surface area contributed by atoms with Crippen LogP contribution < -0.4 is 5.32 Å². The number of likely N-dealkylation sites (N-methyl/N-ethyl adjacent to an activating group) is 1. The number of nitrogens with one attached hydrogen (secondary N) is 1. The topological polar surface area (TPSA) is 58.6 Å². The van der Waals surface area contributed by atoms with Crippen LogP contribution in [0.3, 0.4) is 0 Å². The largest absolute Gasteiger partial charge is 0.445 e. The minimum Gasteiger partial charge on any atom is -0.445 e. The van der Waals surface area contributed by atoms with Gasteiger partial charge in [-0.3, -0.25) is 4.79 Å². The Morgan fingerprint density at radius 2 is 1.96 bits per heavy atom. The lowest BCUT2D eigenvalue weighted by Crippen LogP contribution is -2.46. The van der Waals surface area contributed by atoms with Gasteiger partial charge in [-0.1, -0.05) is 41.9 Å². The molecule has 0 saturated carbocycles. The highest BCUT2D eigenvalue weighted by molar-refractivity contribution is 7.16. The maximum atomic E-state index is 12.5. The Balaban J connectivity index is 1.83. The van der Waals surface area contributed by atoms with Crippen molar-refractivity contribution < 1.29 is 14.3 Å². The van der Waals surface area contributed by atoms with Crippen molar-refractivity contribution in [3.63, 3.8) is 0 Å². The summed E-state index contributed by atoms with van der Waals surface area (Å²) in [6.45, 7) is 4.72. The van der Waals surface area contributed by atoms with Gasteiger partial charge in [0.05, 0.1) is 10.9 Å². The number of nitrogens with zero attached hydrogens (tertiary/aromatic N) is 1. The molecule has 0 aliphatic carbocycles. The average Bonchev–Trinajstić information content (AvgIpc) is 3.03. The van der Waals surface area contributed by atoms with E-state index < -0.39 is 12.1 Å². The average molecular weight is 381 g/mol. The molecule has 1 aromatic heterocycles. The van der Waals surface area contributed by atoms with Crippen LogP contribution >= 0.6 is 22.9 Å². The maximum absolute atomic E-state index is 12.5. The zero-order valence-corrected chi connectivity index (χ0v) is 15.8. The highest BCUT2D eigenvalue weighted by Crippen LogP contribution is 2.22. The summed E-state index contributed by atoms with van der Waals surface area (Å²) in [7, 11) is 0. The molecule has 7 heteroatoms. The molecule has 5 nitrogen and oxygen atoms in total. The van der Waals surface area contributed by atoms with Crippen LogP contribution in [-0.2, 0) is 22.7 Å². The summed E-state index contributed by atoms with van der Waals surface area (Å²) < 4.78 is 5.84. The molecule has 0 unspecified atom stereocenters. The Kier molecular flexibility index (Phi) is 7.28. The molecule has 0 aliphatic rings. The number of benzene rings is 1. The standard InChI is InChI=1S/C18H21ClN2O3S/c1-3-21(11-15-9-10-16(19)25-15)17(22)13(2)20-18(23)24-12-14-7-5-4-6-8-14/h4-10,13H,3,11-12H2,1-2H3,(H,20,23)/t13-/m1/s1. The summed E-state index contributed by atoms with van der Waals surface area (Å²) in [6, 6.07) is 12.4. The molecule has 0 radical (unpaired) electrons. The first-order chi connectivity index (χ1) is 12.0. The molecule has 1 heterocycles. The van der Waals surface area contributed by atoms with E-state index in [-0.39, 0.29) is 12.5 Å². The van der Waals surface area contributed by atoms with Crippen molar-refractivity contribution in [1.29, 1.82) is 0 Å². The normalized spacial score (nSPS) is 11.6. The minimum absolute atomic E-state index is 0.163. The fraction of sp³-hybridized carbons (Fsp3) is 0.333. The molecule has 1 atom stereocenters. The molecule has 0 spiro atoms. The van der Waals surface area contributed by atoms with Crippen LogP contribution in [0.25, 0.3) is 0 Å². The van der Waals surface area contributed by atoms with Crippen LogP contribution in [-0.4, -0.2) is 29.5 Å². The van der Waals surface area contributed by atoms with Crippen molar-refractivity contribution in [3.8, 4) is 0 Å². The molecule has 1 N–H and O–H groups in total. The highest BCUT2D eigenvalue weighted by atomic mass is 35.5.